The van der Waals surface area contributed by atoms with Gasteiger partial charge in [0.05, 0.1) is 22.3 Å². The van der Waals surface area contributed by atoms with E-state index in [9.17, 15) is 24.0 Å². The van der Waals surface area contributed by atoms with E-state index in [2.05, 4.69) is 18.8 Å². The minimum atomic E-state index is -0.824. The molecule has 1 aliphatic carbocycles. The first-order chi connectivity index (χ1) is 16.2. The minimum absolute atomic E-state index is 0.0338. The quantitative estimate of drug-likeness (QED) is 0.354. The van der Waals surface area contributed by atoms with Gasteiger partial charge in [-0.25, -0.2) is 4.79 Å². The molecule has 1 aromatic carbocycles. The van der Waals surface area contributed by atoms with E-state index in [1.165, 1.54) is 35.6 Å². The highest BCUT2D eigenvalue weighted by molar-refractivity contribution is 7.17. The molecule has 4 amide bonds. The monoisotopic (exact) mass is 481 g/mol. The average Bonchev–Trinajstić information content (AvgIpc) is 3.27. The van der Waals surface area contributed by atoms with Crippen molar-refractivity contribution in [2.75, 3.05) is 18.5 Å². The highest BCUT2D eigenvalue weighted by Crippen LogP contribution is 2.39. The molecule has 0 radical (unpaired) electrons. The Balaban J connectivity index is 1.43. The summed E-state index contributed by atoms with van der Waals surface area (Å²) in [6, 6.07) is 4.02. The van der Waals surface area contributed by atoms with Crippen molar-refractivity contribution < 1.29 is 28.7 Å². The number of carbonyl (C=O) groups excluding carboxylic acids is 5. The number of hydrogen-bond acceptors (Lipinski definition) is 7. The maximum Gasteiger partial charge on any atom is 0.338 e. The molecule has 4 rings (SSSR count). The van der Waals surface area contributed by atoms with Crippen LogP contribution in [-0.4, -0.2) is 47.6 Å². The third-order valence-electron chi connectivity index (χ3n) is 5.86. The van der Waals surface area contributed by atoms with Crippen molar-refractivity contribution in [3.05, 3.63) is 63.5 Å². The predicted octanol–water partition coefficient (Wildman–Crippen LogP) is 2.55. The Morgan fingerprint density at radius 1 is 1.26 bits per heavy atom. The summed E-state index contributed by atoms with van der Waals surface area (Å²) in [5.41, 5.74) is 7.07. The van der Waals surface area contributed by atoms with Crippen LogP contribution in [0.1, 0.15) is 65.2 Å². The van der Waals surface area contributed by atoms with E-state index in [1.807, 2.05) is 0 Å². The summed E-state index contributed by atoms with van der Waals surface area (Å²) in [6.45, 7) is 5.12. The number of hydrogen-bond donors (Lipinski definition) is 2. The van der Waals surface area contributed by atoms with Crippen LogP contribution in [0.4, 0.5) is 5.00 Å². The van der Waals surface area contributed by atoms with Crippen LogP contribution in [0.3, 0.4) is 0 Å². The molecule has 9 nitrogen and oxygen atoms in total. The normalized spacial score (nSPS) is 16.6. The minimum Gasteiger partial charge on any atom is -0.452 e. The molecule has 34 heavy (non-hydrogen) atoms. The van der Waals surface area contributed by atoms with Gasteiger partial charge < -0.3 is 15.8 Å². The lowest BCUT2D eigenvalue weighted by Gasteiger charge is -2.18. The van der Waals surface area contributed by atoms with Crippen molar-refractivity contribution in [2.45, 2.75) is 26.2 Å². The zero-order valence-corrected chi connectivity index (χ0v) is 19.3. The number of benzene rings is 1. The number of esters is 1. The maximum atomic E-state index is 12.5. The Morgan fingerprint density at radius 3 is 2.71 bits per heavy atom. The van der Waals surface area contributed by atoms with E-state index in [4.69, 9.17) is 10.5 Å². The van der Waals surface area contributed by atoms with Crippen molar-refractivity contribution in [1.82, 2.24) is 4.90 Å². The molecule has 0 spiro atoms. The second-order valence-electron chi connectivity index (χ2n) is 8.31. The molecule has 0 fully saturated rings. The van der Waals surface area contributed by atoms with Gasteiger partial charge in [-0.05, 0) is 48.9 Å². The first-order valence-electron chi connectivity index (χ1n) is 10.7. The maximum absolute atomic E-state index is 12.5. The standard InChI is InChI=1S/C24H23N3O6S/c1-3-8-27-22(30)14-7-5-13(10-16(14)23(27)31)24(32)33-11-18(28)26-21-19(20(25)29)15-6-4-12(2)9-17(15)34-21/h3,5,7,10,12H,1,4,6,8-9,11H2,2H3,(H2,25,29)(H,26,28)/t12-/m0/s1. The number of amides is 4. The molecule has 0 bridgehead atoms. The fourth-order valence-corrected chi connectivity index (χ4v) is 5.62. The summed E-state index contributed by atoms with van der Waals surface area (Å²) in [6.07, 6.45) is 3.91. The van der Waals surface area contributed by atoms with Crippen LogP contribution >= 0.6 is 11.3 Å². The lowest BCUT2D eigenvalue weighted by Crippen LogP contribution is -2.29. The second-order valence-corrected chi connectivity index (χ2v) is 9.42. The van der Waals surface area contributed by atoms with E-state index in [0.717, 1.165) is 34.6 Å². The van der Waals surface area contributed by atoms with Crippen molar-refractivity contribution in [2.24, 2.45) is 11.7 Å². The number of nitrogens with two attached hydrogens (primary N) is 1. The van der Waals surface area contributed by atoms with Gasteiger partial charge in [-0.15, -0.1) is 17.9 Å². The van der Waals surface area contributed by atoms with Crippen LogP contribution in [0, 0.1) is 5.92 Å². The van der Waals surface area contributed by atoms with Crippen molar-refractivity contribution >= 4 is 45.9 Å². The Kier molecular flexibility index (Phi) is 6.34. The number of carbonyl (C=O) groups is 5. The number of rotatable bonds is 7. The fourth-order valence-electron chi connectivity index (χ4n) is 4.19. The van der Waals surface area contributed by atoms with Gasteiger partial charge in [-0.2, -0.15) is 0 Å². The highest BCUT2D eigenvalue weighted by atomic mass is 32.1. The molecule has 0 saturated heterocycles. The Bertz CT molecular complexity index is 1250. The SMILES string of the molecule is C=CCN1C(=O)c2ccc(C(=O)OCC(=O)Nc3sc4c(c3C(N)=O)CC[C@H](C)C4)cc2C1=O. The number of fused-ring (bicyclic) bond motifs is 2. The van der Waals surface area contributed by atoms with Crippen LogP contribution in [0.2, 0.25) is 0 Å². The Morgan fingerprint density at radius 2 is 2.00 bits per heavy atom. The van der Waals surface area contributed by atoms with Crippen molar-refractivity contribution in [1.29, 1.82) is 0 Å². The molecule has 2 heterocycles. The van der Waals surface area contributed by atoms with Crippen molar-refractivity contribution in [3.8, 4) is 0 Å². The van der Waals surface area contributed by atoms with Gasteiger partial charge in [0.2, 0.25) is 0 Å². The molecule has 0 saturated carbocycles. The first-order valence-corrected chi connectivity index (χ1v) is 11.5. The van der Waals surface area contributed by atoms with Crippen molar-refractivity contribution in [3.63, 3.8) is 0 Å². The third-order valence-corrected chi connectivity index (χ3v) is 7.03. The van der Waals surface area contributed by atoms with Crippen LogP contribution in [0.5, 0.6) is 0 Å². The third kappa shape index (κ3) is 4.24. The summed E-state index contributed by atoms with van der Waals surface area (Å²) in [5, 5.41) is 2.99. The molecule has 0 unspecified atom stereocenters. The van der Waals surface area contributed by atoms with Gasteiger partial charge in [0.15, 0.2) is 6.61 Å². The first kappa shape index (κ1) is 23.4. The molecule has 10 heteroatoms. The van der Waals surface area contributed by atoms with E-state index in [0.29, 0.717) is 16.5 Å². The zero-order valence-electron chi connectivity index (χ0n) is 18.5. The van der Waals surface area contributed by atoms with Crippen LogP contribution in [-0.2, 0) is 22.4 Å². The van der Waals surface area contributed by atoms with Gasteiger partial charge in [0.1, 0.15) is 5.00 Å². The van der Waals surface area contributed by atoms with Gasteiger partial charge in [0, 0.05) is 11.4 Å². The van der Waals surface area contributed by atoms with Gasteiger partial charge in [-0.3, -0.25) is 24.1 Å². The molecule has 2 aromatic rings. The summed E-state index contributed by atoms with van der Waals surface area (Å²) in [4.78, 5) is 63.7. The average molecular weight is 482 g/mol. The van der Waals surface area contributed by atoms with Crippen LogP contribution in [0.15, 0.2) is 30.9 Å². The molecule has 3 N–H and O–H groups in total. The number of nitrogens with zero attached hydrogens (tertiary/aromatic N) is 1. The number of imide groups is 1. The summed E-state index contributed by atoms with van der Waals surface area (Å²) in [5.74, 6) is -2.56. The number of ether oxygens (including phenoxy) is 1. The molecule has 176 valence electrons. The molecule has 1 aromatic heterocycles. The molecular formula is C24H23N3O6S. The van der Waals surface area contributed by atoms with Crippen LogP contribution in [0.25, 0.3) is 0 Å². The summed E-state index contributed by atoms with van der Waals surface area (Å²) >= 11 is 1.32. The molecule has 2 aliphatic rings. The van der Waals surface area contributed by atoms with Gasteiger partial charge in [0.25, 0.3) is 23.6 Å². The van der Waals surface area contributed by atoms with Gasteiger partial charge >= 0.3 is 5.97 Å². The topological polar surface area (TPSA) is 136 Å². The van der Waals surface area contributed by atoms with Gasteiger partial charge in [-0.1, -0.05) is 13.0 Å². The summed E-state index contributed by atoms with van der Waals surface area (Å²) in [7, 11) is 0. The number of anilines is 1. The Hall–Kier alpha value is -3.79. The lowest BCUT2D eigenvalue weighted by atomic mass is 9.88. The van der Waals surface area contributed by atoms with E-state index in [-0.39, 0.29) is 23.2 Å². The summed E-state index contributed by atoms with van der Waals surface area (Å²) < 4.78 is 5.09. The van der Waals surface area contributed by atoms with E-state index >= 15 is 0 Å². The zero-order chi connectivity index (χ0) is 24.6. The highest BCUT2D eigenvalue weighted by Gasteiger charge is 2.35. The fraction of sp³-hybridized carbons (Fsp3) is 0.292. The number of primary amides is 1. The second kappa shape index (κ2) is 9.22. The molecule has 1 aliphatic heterocycles. The number of nitrogens with one attached hydrogen (secondary N) is 1. The largest absolute Gasteiger partial charge is 0.452 e. The smallest absolute Gasteiger partial charge is 0.338 e. The lowest BCUT2D eigenvalue weighted by molar-refractivity contribution is -0.119. The molecular weight excluding hydrogens is 458 g/mol. The van der Waals surface area contributed by atoms with E-state index < -0.39 is 36.2 Å². The van der Waals surface area contributed by atoms with Crippen LogP contribution < -0.4 is 11.1 Å². The Labute approximate surface area is 199 Å². The predicted molar refractivity (Wildman–Crippen MR) is 125 cm³/mol. The molecule has 1 atom stereocenters. The number of thiophene rings is 1. The van der Waals surface area contributed by atoms with E-state index in [1.54, 1.807) is 0 Å².